The molecule has 48 heavy (non-hydrogen) atoms. The fourth-order valence-electron chi connectivity index (χ4n) is 4.98. The van der Waals surface area contributed by atoms with Crippen LogP contribution in [0.25, 0.3) is 0 Å². The highest BCUT2D eigenvalue weighted by molar-refractivity contribution is 9.09. The highest BCUT2D eigenvalue weighted by Gasteiger charge is 2.52. The topological polar surface area (TPSA) is 114 Å². The molecule has 0 unspecified atom stereocenters. The van der Waals surface area contributed by atoms with E-state index < -0.39 is 53.3 Å². The predicted molar refractivity (Wildman–Crippen MR) is 180 cm³/mol. The van der Waals surface area contributed by atoms with Crippen LogP contribution >= 0.6 is 15.9 Å². The summed E-state index contributed by atoms with van der Waals surface area (Å²) >= 11 is 3.44. The highest BCUT2D eigenvalue weighted by Crippen LogP contribution is 2.33. The van der Waals surface area contributed by atoms with Gasteiger partial charge in [0.25, 0.3) is 0 Å². The third kappa shape index (κ3) is 8.56. The van der Waals surface area contributed by atoms with Gasteiger partial charge in [0.2, 0.25) is 0 Å². The second-order valence-corrected chi connectivity index (χ2v) is 12.6. The minimum atomic E-state index is -1.39. The smallest absolute Gasteiger partial charge is 0.338 e. The van der Waals surface area contributed by atoms with Crippen LogP contribution in [0.15, 0.2) is 97.1 Å². The molecule has 1 fully saturated rings. The van der Waals surface area contributed by atoms with Gasteiger partial charge < -0.3 is 23.7 Å². The summed E-state index contributed by atoms with van der Waals surface area (Å²) in [4.78, 5) is 53.4. The normalized spacial score (nSPS) is 20.3. The molecule has 0 bridgehead atoms. The number of carbonyl (C=O) groups excluding carboxylic acids is 4. The predicted octanol–water partition coefficient (Wildman–Crippen LogP) is 6.87. The van der Waals surface area contributed by atoms with Crippen LogP contribution in [-0.4, -0.2) is 59.9 Å². The Hall–Kier alpha value is -4.80. The third-order valence-corrected chi connectivity index (χ3v) is 8.57. The van der Waals surface area contributed by atoms with Gasteiger partial charge in [-0.1, -0.05) is 86.7 Å². The standard InChI is InChI=1S/C38H35BrO9/c1-22-5-13-26(14-6-22)35(40)44-21-30-31(46-36(41)27-15-7-23(2)8-16-27)32(47-37(42)28-17-9-24(3)10-18-28)33(34(39)45-30)48-38(43)29-19-11-25(4)12-20-29/h5-20,30-34H,21H2,1-4H3/t30-,31-,32+,33-,34+/m1/s1. The maximum absolute atomic E-state index is 13.5. The van der Waals surface area contributed by atoms with Crippen molar-refractivity contribution in [3.8, 4) is 0 Å². The van der Waals surface area contributed by atoms with Crippen LogP contribution in [0.5, 0.6) is 0 Å². The van der Waals surface area contributed by atoms with E-state index in [1.165, 1.54) is 0 Å². The van der Waals surface area contributed by atoms with Gasteiger partial charge in [0.15, 0.2) is 23.3 Å². The summed E-state index contributed by atoms with van der Waals surface area (Å²) in [6.45, 7) is 7.17. The van der Waals surface area contributed by atoms with E-state index in [9.17, 15) is 19.2 Å². The number of rotatable bonds is 9. The van der Waals surface area contributed by atoms with Gasteiger partial charge in [-0.05, 0) is 76.2 Å². The van der Waals surface area contributed by atoms with Crippen molar-refractivity contribution in [2.24, 2.45) is 0 Å². The van der Waals surface area contributed by atoms with Gasteiger partial charge in [-0.3, -0.25) is 0 Å². The third-order valence-electron chi connectivity index (χ3n) is 7.83. The van der Waals surface area contributed by atoms with Crippen molar-refractivity contribution < 1.29 is 42.9 Å². The largest absolute Gasteiger partial charge is 0.459 e. The fourth-order valence-corrected chi connectivity index (χ4v) is 5.66. The van der Waals surface area contributed by atoms with Crippen LogP contribution in [0, 0.1) is 27.7 Å². The maximum atomic E-state index is 13.5. The van der Waals surface area contributed by atoms with Crippen LogP contribution in [0.1, 0.15) is 63.7 Å². The van der Waals surface area contributed by atoms with Gasteiger partial charge in [0.05, 0.1) is 22.3 Å². The summed E-state index contributed by atoms with van der Waals surface area (Å²) in [5.74, 6) is -2.83. The van der Waals surface area contributed by atoms with Crippen molar-refractivity contribution in [2.75, 3.05) is 6.61 Å². The number of aryl methyl sites for hydroxylation is 4. The quantitative estimate of drug-likeness (QED) is 0.104. The minimum absolute atomic E-state index is 0.229. The van der Waals surface area contributed by atoms with E-state index >= 15 is 0 Å². The zero-order valence-corrected chi connectivity index (χ0v) is 28.5. The number of hydrogen-bond acceptors (Lipinski definition) is 9. The average Bonchev–Trinajstić information content (AvgIpc) is 3.07. The molecule has 0 radical (unpaired) electrons. The Morgan fingerprint density at radius 2 is 0.812 bits per heavy atom. The summed E-state index contributed by atoms with van der Waals surface area (Å²) in [7, 11) is 0. The molecule has 0 aromatic heterocycles. The number of alkyl halides is 1. The molecule has 5 rings (SSSR count). The first-order valence-corrected chi connectivity index (χ1v) is 16.3. The molecule has 1 aliphatic rings. The van der Waals surface area contributed by atoms with Gasteiger partial charge in [-0.25, -0.2) is 19.2 Å². The van der Waals surface area contributed by atoms with Crippen molar-refractivity contribution >= 4 is 39.8 Å². The van der Waals surface area contributed by atoms with Crippen LogP contribution in [-0.2, 0) is 23.7 Å². The van der Waals surface area contributed by atoms with Crippen molar-refractivity contribution in [1.82, 2.24) is 0 Å². The number of carbonyl (C=O) groups is 4. The lowest BCUT2D eigenvalue weighted by Crippen LogP contribution is -2.61. The summed E-state index contributed by atoms with van der Waals surface area (Å²) in [6.07, 6.45) is -5.18. The van der Waals surface area contributed by atoms with E-state index in [-0.39, 0.29) is 23.3 Å². The average molecular weight is 716 g/mol. The molecule has 1 saturated heterocycles. The monoisotopic (exact) mass is 714 g/mol. The van der Waals surface area contributed by atoms with E-state index in [1.54, 1.807) is 97.1 Å². The molecule has 0 saturated carbocycles. The molecular weight excluding hydrogens is 680 g/mol. The lowest BCUT2D eigenvalue weighted by atomic mass is 9.98. The van der Waals surface area contributed by atoms with E-state index in [1.807, 2.05) is 27.7 Å². The van der Waals surface area contributed by atoms with E-state index in [0.29, 0.717) is 5.56 Å². The lowest BCUT2D eigenvalue weighted by Gasteiger charge is -2.43. The molecule has 1 aliphatic heterocycles. The number of ether oxygens (including phenoxy) is 5. The Balaban J connectivity index is 1.49. The van der Waals surface area contributed by atoms with Gasteiger partial charge in [-0.2, -0.15) is 0 Å². The highest BCUT2D eigenvalue weighted by atomic mass is 79.9. The molecule has 9 nitrogen and oxygen atoms in total. The molecular formula is C38H35BrO9. The number of halogens is 1. The second-order valence-electron chi connectivity index (χ2n) is 11.7. The van der Waals surface area contributed by atoms with Gasteiger partial charge in [0, 0.05) is 0 Å². The molecule has 0 spiro atoms. The zero-order chi connectivity index (χ0) is 34.4. The zero-order valence-electron chi connectivity index (χ0n) is 26.9. The van der Waals surface area contributed by atoms with Gasteiger partial charge >= 0.3 is 23.9 Å². The van der Waals surface area contributed by atoms with E-state index in [4.69, 9.17) is 23.7 Å². The Labute approximate surface area is 287 Å². The first-order valence-electron chi connectivity index (χ1n) is 15.3. The fraction of sp³-hybridized carbons (Fsp3) is 0.263. The van der Waals surface area contributed by atoms with Crippen molar-refractivity contribution in [3.05, 3.63) is 142 Å². The van der Waals surface area contributed by atoms with Crippen LogP contribution in [0.3, 0.4) is 0 Å². The van der Waals surface area contributed by atoms with Crippen molar-refractivity contribution in [3.63, 3.8) is 0 Å². The molecule has 4 aromatic rings. The Morgan fingerprint density at radius 3 is 1.19 bits per heavy atom. The molecule has 5 atom stereocenters. The summed E-state index contributed by atoms with van der Waals surface area (Å²) < 4.78 is 29.7. The number of esters is 4. The first kappa shape index (κ1) is 34.5. The number of hydrogen-bond donors (Lipinski definition) is 0. The van der Waals surface area contributed by atoms with Crippen molar-refractivity contribution in [2.45, 2.75) is 57.1 Å². The van der Waals surface area contributed by atoms with Crippen LogP contribution < -0.4 is 0 Å². The van der Waals surface area contributed by atoms with Crippen LogP contribution in [0.2, 0.25) is 0 Å². The number of benzene rings is 4. The Bertz CT molecular complexity index is 1750. The molecule has 4 aromatic carbocycles. The lowest BCUT2D eigenvalue weighted by molar-refractivity contribution is -0.205. The summed E-state index contributed by atoms with van der Waals surface area (Å²) in [5, 5.41) is -1.06. The second kappa shape index (κ2) is 15.4. The van der Waals surface area contributed by atoms with Gasteiger partial charge in [0.1, 0.15) is 12.7 Å². The molecule has 10 heteroatoms. The Morgan fingerprint density at radius 1 is 0.500 bits per heavy atom. The summed E-state index contributed by atoms with van der Waals surface area (Å²) in [6, 6.07) is 27.0. The molecule has 0 N–H and O–H groups in total. The maximum Gasteiger partial charge on any atom is 0.338 e. The Kier molecular flexibility index (Phi) is 11.1. The summed E-state index contributed by atoms with van der Waals surface area (Å²) in [5.41, 5.74) is 4.81. The van der Waals surface area contributed by atoms with E-state index in [0.717, 1.165) is 22.3 Å². The van der Waals surface area contributed by atoms with E-state index in [2.05, 4.69) is 15.9 Å². The molecule has 0 amide bonds. The minimum Gasteiger partial charge on any atom is -0.459 e. The SMILES string of the molecule is Cc1ccc(C(=O)OC[C@H]2O[C@H](Br)[C@H](OC(=O)c3ccc(C)cc3)[C@@H](OC(=O)c3ccc(C)cc3)[C@@H]2OC(=O)c2ccc(C)cc2)cc1. The molecule has 1 heterocycles. The molecule has 0 aliphatic carbocycles. The van der Waals surface area contributed by atoms with Gasteiger partial charge in [-0.15, -0.1) is 0 Å². The first-order chi connectivity index (χ1) is 23.0. The molecule has 248 valence electrons. The van der Waals surface area contributed by atoms with Crippen LogP contribution in [0.4, 0.5) is 0 Å². The van der Waals surface area contributed by atoms with Crippen molar-refractivity contribution in [1.29, 1.82) is 0 Å².